The second kappa shape index (κ2) is 5.39. The molecule has 0 saturated heterocycles. The van der Waals surface area contributed by atoms with Crippen molar-refractivity contribution in [3.63, 3.8) is 0 Å². The third kappa shape index (κ3) is 4.25. The van der Waals surface area contributed by atoms with Gasteiger partial charge in [-0.25, -0.2) is 0 Å². The van der Waals surface area contributed by atoms with Crippen molar-refractivity contribution in [1.82, 2.24) is 5.32 Å². The van der Waals surface area contributed by atoms with Gasteiger partial charge in [-0.2, -0.15) is 0 Å². The molecule has 1 amide bonds. The Morgan fingerprint density at radius 2 is 2.06 bits per heavy atom. The highest BCUT2D eigenvalue weighted by Crippen LogP contribution is 2.28. The van der Waals surface area contributed by atoms with Crippen molar-refractivity contribution < 1.29 is 9.21 Å². The molecule has 1 aromatic rings. The van der Waals surface area contributed by atoms with Crippen LogP contribution >= 0.6 is 0 Å². The summed E-state index contributed by atoms with van der Waals surface area (Å²) in [6, 6.07) is 3.64. The van der Waals surface area contributed by atoms with Gasteiger partial charge < -0.3 is 9.73 Å². The minimum absolute atomic E-state index is 0.0651. The fraction of sp³-hybridized carbons (Fsp3) is 0.643. The zero-order chi connectivity index (χ0) is 13.1. The van der Waals surface area contributed by atoms with Gasteiger partial charge in [0.1, 0.15) is 5.76 Å². The molecule has 0 aliphatic carbocycles. The summed E-state index contributed by atoms with van der Waals surface area (Å²) in [4.78, 5) is 11.9. The highest BCUT2D eigenvalue weighted by Gasteiger charge is 2.23. The predicted molar refractivity (Wildman–Crippen MR) is 68.5 cm³/mol. The highest BCUT2D eigenvalue weighted by atomic mass is 16.3. The van der Waals surface area contributed by atoms with Crippen molar-refractivity contribution in [2.75, 3.05) is 0 Å². The first kappa shape index (κ1) is 13.8. The maximum atomic E-state index is 11.9. The second-order valence-corrected chi connectivity index (χ2v) is 5.78. The molecule has 2 atom stereocenters. The number of carbonyl (C=O) groups is 1. The molecular weight excluding hydrogens is 214 g/mol. The number of hydrogen-bond donors (Lipinski definition) is 1. The van der Waals surface area contributed by atoms with E-state index in [0.717, 1.165) is 5.76 Å². The van der Waals surface area contributed by atoms with E-state index in [9.17, 15) is 4.79 Å². The molecule has 0 fully saturated rings. The van der Waals surface area contributed by atoms with Gasteiger partial charge in [-0.3, -0.25) is 4.79 Å². The van der Waals surface area contributed by atoms with Gasteiger partial charge in [0.15, 0.2) is 0 Å². The van der Waals surface area contributed by atoms with E-state index in [1.54, 1.807) is 6.26 Å². The van der Waals surface area contributed by atoms with E-state index in [4.69, 9.17) is 4.42 Å². The SMILES string of the molecule is CC(NC(=O)CC(C)C(C)(C)C)c1ccco1. The zero-order valence-corrected chi connectivity index (χ0v) is 11.4. The quantitative estimate of drug-likeness (QED) is 0.870. The molecule has 1 aromatic heterocycles. The van der Waals surface area contributed by atoms with Crippen LogP contribution < -0.4 is 5.32 Å². The normalized spacial score (nSPS) is 15.4. The smallest absolute Gasteiger partial charge is 0.220 e. The van der Waals surface area contributed by atoms with Crippen molar-refractivity contribution >= 4 is 5.91 Å². The number of carbonyl (C=O) groups excluding carboxylic acids is 1. The van der Waals surface area contributed by atoms with Gasteiger partial charge in [0.25, 0.3) is 0 Å². The third-order valence-corrected chi connectivity index (χ3v) is 3.32. The van der Waals surface area contributed by atoms with E-state index in [0.29, 0.717) is 12.3 Å². The van der Waals surface area contributed by atoms with Crippen molar-refractivity contribution in [1.29, 1.82) is 0 Å². The number of furan rings is 1. The number of nitrogens with one attached hydrogen (secondary N) is 1. The molecule has 0 aromatic carbocycles. The molecule has 2 unspecified atom stereocenters. The van der Waals surface area contributed by atoms with Crippen molar-refractivity contribution in [2.24, 2.45) is 11.3 Å². The molecule has 0 spiro atoms. The highest BCUT2D eigenvalue weighted by molar-refractivity contribution is 5.76. The molecule has 0 saturated carbocycles. The lowest BCUT2D eigenvalue weighted by Crippen LogP contribution is -2.30. The van der Waals surface area contributed by atoms with Crippen LogP contribution in [0.4, 0.5) is 0 Å². The average Bonchev–Trinajstić information content (AvgIpc) is 2.68. The van der Waals surface area contributed by atoms with E-state index in [1.165, 1.54) is 0 Å². The van der Waals surface area contributed by atoms with Crippen molar-refractivity contribution in [2.45, 2.75) is 47.1 Å². The lowest BCUT2D eigenvalue weighted by molar-refractivity contribution is -0.123. The molecule has 1 N–H and O–H groups in total. The van der Waals surface area contributed by atoms with Gasteiger partial charge in [-0.1, -0.05) is 27.7 Å². The number of hydrogen-bond acceptors (Lipinski definition) is 2. The number of amides is 1. The van der Waals surface area contributed by atoms with Gasteiger partial charge in [-0.15, -0.1) is 0 Å². The van der Waals surface area contributed by atoms with E-state index < -0.39 is 0 Å². The van der Waals surface area contributed by atoms with E-state index in [-0.39, 0.29) is 17.4 Å². The van der Waals surface area contributed by atoms with Crippen LogP contribution in [0.5, 0.6) is 0 Å². The molecule has 1 rings (SSSR count). The summed E-state index contributed by atoms with van der Waals surface area (Å²) in [5.41, 5.74) is 0.158. The lowest BCUT2D eigenvalue weighted by atomic mass is 9.80. The molecule has 0 bridgehead atoms. The molecular formula is C14H23NO2. The van der Waals surface area contributed by atoms with Gasteiger partial charge in [-0.05, 0) is 30.4 Å². The number of rotatable bonds is 4. The Morgan fingerprint density at radius 1 is 1.41 bits per heavy atom. The van der Waals surface area contributed by atoms with Gasteiger partial charge in [0.2, 0.25) is 5.91 Å². The maximum absolute atomic E-state index is 11.9. The fourth-order valence-electron chi connectivity index (χ4n) is 1.49. The Labute approximate surface area is 104 Å². The summed E-state index contributed by atoms with van der Waals surface area (Å²) in [5.74, 6) is 1.23. The monoisotopic (exact) mass is 237 g/mol. The Hall–Kier alpha value is -1.25. The standard InChI is InChI=1S/C14H23NO2/c1-10(14(3,4)5)9-13(16)15-11(2)12-7-6-8-17-12/h6-8,10-11H,9H2,1-5H3,(H,15,16). The van der Waals surface area contributed by atoms with Crippen molar-refractivity contribution in [3.05, 3.63) is 24.2 Å². The van der Waals surface area contributed by atoms with Gasteiger partial charge in [0, 0.05) is 6.42 Å². The molecule has 0 aliphatic rings. The largest absolute Gasteiger partial charge is 0.467 e. The lowest BCUT2D eigenvalue weighted by Gasteiger charge is -2.27. The van der Waals surface area contributed by atoms with Crippen LogP contribution in [0.1, 0.15) is 52.8 Å². The van der Waals surface area contributed by atoms with Crippen LogP contribution in [0.25, 0.3) is 0 Å². The predicted octanol–water partition coefficient (Wildman–Crippen LogP) is 3.53. The zero-order valence-electron chi connectivity index (χ0n) is 11.4. The second-order valence-electron chi connectivity index (χ2n) is 5.78. The third-order valence-electron chi connectivity index (χ3n) is 3.32. The Morgan fingerprint density at radius 3 is 2.53 bits per heavy atom. The van der Waals surface area contributed by atoms with Crippen LogP contribution in [-0.2, 0) is 4.79 Å². The average molecular weight is 237 g/mol. The molecule has 1 heterocycles. The first-order chi connectivity index (χ1) is 7.80. The summed E-state index contributed by atoms with van der Waals surface area (Å²) >= 11 is 0. The molecule has 0 radical (unpaired) electrons. The topological polar surface area (TPSA) is 42.2 Å². The summed E-state index contributed by atoms with van der Waals surface area (Å²) in [6.45, 7) is 10.5. The van der Waals surface area contributed by atoms with E-state index >= 15 is 0 Å². The van der Waals surface area contributed by atoms with Crippen LogP contribution in [0.3, 0.4) is 0 Å². The fourth-order valence-corrected chi connectivity index (χ4v) is 1.49. The van der Waals surface area contributed by atoms with Crippen LogP contribution in [0.15, 0.2) is 22.8 Å². The Balaban J connectivity index is 2.45. The van der Waals surface area contributed by atoms with E-state index in [1.807, 2.05) is 19.1 Å². The minimum atomic E-state index is -0.0651. The van der Waals surface area contributed by atoms with Gasteiger partial charge >= 0.3 is 0 Å². The summed E-state index contributed by atoms with van der Waals surface area (Å²) in [6.07, 6.45) is 2.17. The Kier molecular flexibility index (Phi) is 4.38. The first-order valence-corrected chi connectivity index (χ1v) is 6.13. The van der Waals surface area contributed by atoms with E-state index in [2.05, 4.69) is 33.0 Å². The first-order valence-electron chi connectivity index (χ1n) is 6.13. The van der Waals surface area contributed by atoms with Crippen LogP contribution in [-0.4, -0.2) is 5.91 Å². The minimum Gasteiger partial charge on any atom is -0.467 e. The van der Waals surface area contributed by atoms with Crippen LogP contribution in [0, 0.1) is 11.3 Å². The summed E-state index contributed by atoms with van der Waals surface area (Å²) in [7, 11) is 0. The molecule has 96 valence electrons. The Bertz CT molecular complexity index is 349. The summed E-state index contributed by atoms with van der Waals surface area (Å²) in [5, 5.41) is 2.95. The molecule has 0 aliphatic heterocycles. The maximum Gasteiger partial charge on any atom is 0.220 e. The molecule has 17 heavy (non-hydrogen) atoms. The van der Waals surface area contributed by atoms with Crippen LogP contribution in [0.2, 0.25) is 0 Å². The van der Waals surface area contributed by atoms with Gasteiger partial charge in [0.05, 0.1) is 12.3 Å². The molecule has 3 nitrogen and oxygen atoms in total. The van der Waals surface area contributed by atoms with Crippen molar-refractivity contribution in [3.8, 4) is 0 Å². The summed E-state index contributed by atoms with van der Waals surface area (Å²) < 4.78 is 5.25. The molecule has 3 heteroatoms.